The lowest BCUT2D eigenvalue weighted by Crippen LogP contribution is -2.36. The van der Waals surface area contributed by atoms with E-state index in [1.54, 1.807) is 6.92 Å². The molecular formula is C5H10O2. The minimum Gasteiger partial charge on any atom is -0.391 e. The monoisotopic (exact) mass is 102 g/mol. The first-order chi connectivity index (χ1) is 3.30. The molecule has 1 heterocycles. The van der Waals surface area contributed by atoms with E-state index in [9.17, 15) is 0 Å². The number of aliphatic hydroxyl groups excluding tert-OH is 1. The highest BCUT2D eigenvalue weighted by Gasteiger charge is 2.22. The van der Waals surface area contributed by atoms with Crippen LogP contribution in [0.4, 0.5) is 0 Å². The van der Waals surface area contributed by atoms with Gasteiger partial charge in [0.15, 0.2) is 0 Å². The van der Waals surface area contributed by atoms with Crippen molar-refractivity contribution in [2.45, 2.75) is 25.6 Å². The van der Waals surface area contributed by atoms with E-state index < -0.39 is 0 Å². The first-order valence-electron chi connectivity index (χ1n) is 2.60. The predicted molar refractivity (Wildman–Crippen MR) is 26.0 cm³/mol. The Bertz CT molecular complexity index is 57.1. The first-order valence-corrected chi connectivity index (χ1v) is 2.60. The zero-order valence-electron chi connectivity index (χ0n) is 4.42. The summed E-state index contributed by atoms with van der Waals surface area (Å²) in [5.74, 6) is 0. The molecule has 0 amide bonds. The third-order valence-electron chi connectivity index (χ3n) is 1.27. The van der Waals surface area contributed by atoms with E-state index >= 15 is 0 Å². The highest BCUT2D eigenvalue weighted by atomic mass is 16.5. The smallest absolute Gasteiger partial charge is 0.0853 e. The zero-order chi connectivity index (χ0) is 5.28. The average molecular weight is 102 g/mol. The molecular weight excluding hydrogens is 92.1 g/mol. The zero-order valence-corrected chi connectivity index (χ0v) is 4.42. The van der Waals surface area contributed by atoms with Gasteiger partial charge >= 0.3 is 0 Å². The molecule has 2 heteroatoms. The van der Waals surface area contributed by atoms with Gasteiger partial charge < -0.3 is 9.84 Å². The highest BCUT2D eigenvalue weighted by Crippen LogP contribution is 2.13. The fourth-order valence-electron chi connectivity index (χ4n) is 0.634. The highest BCUT2D eigenvalue weighted by molar-refractivity contribution is 4.70. The van der Waals surface area contributed by atoms with E-state index in [1.807, 2.05) is 0 Å². The van der Waals surface area contributed by atoms with E-state index in [2.05, 4.69) is 0 Å². The number of ether oxygens (including phenoxy) is 1. The van der Waals surface area contributed by atoms with Crippen molar-refractivity contribution in [2.75, 3.05) is 6.61 Å². The summed E-state index contributed by atoms with van der Waals surface area (Å²) in [5.41, 5.74) is 0. The lowest BCUT2D eigenvalue weighted by atomic mass is 10.1. The van der Waals surface area contributed by atoms with Gasteiger partial charge in [-0.15, -0.1) is 0 Å². The third-order valence-corrected chi connectivity index (χ3v) is 1.27. The van der Waals surface area contributed by atoms with E-state index in [-0.39, 0.29) is 12.2 Å². The predicted octanol–water partition coefficient (Wildman–Crippen LogP) is 0.156. The molecule has 1 aliphatic rings. The standard InChI is InChI=1S/C5H10O2/c1-4(6)5-2-3-7-5/h4-6H,2-3H2,1H3. The maximum Gasteiger partial charge on any atom is 0.0853 e. The van der Waals surface area contributed by atoms with Crippen molar-refractivity contribution < 1.29 is 9.84 Å². The van der Waals surface area contributed by atoms with E-state index in [4.69, 9.17) is 9.84 Å². The minimum absolute atomic E-state index is 0.139. The second kappa shape index (κ2) is 1.80. The van der Waals surface area contributed by atoms with Gasteiger partial charge in [0.05, 0.1) is 12.2 Å². The molecule has 1 saturated heterocycles. The van der Waals surface area contributed by atoms with Gasteiger partial charge in [0.1, 0.15) is 0 Å². The summed E-state index contributed by atoms with van der Waals surface area (Å²) in [6.45, 7) is 2.58. The van der Waals surface area contributed by atoms with Crippen molar-refractivity contribution in [3.8, 4) is 0 Å². The van der Waals surface area contributed by atoms with Crippen LogP contribution in [-0.2, 0) is 4.74 Å². The number of hydrogen-bond donors (Lipinski definition) is 1. The van der Waals surface area contributed by atoms with Gasteiger partial charge in [0.25, 0.3) is 0 Å². The molecule has 1 fully saturated rings. The van der Waals surface area contributed by atoms with Gasteiger partial charge in [-0.05, 0) is 13.3 Å². The van der Waals surface area contributed by atoms with Crippen LogP contribution in [0.5, 0.6) is 0 Å². The molecule has 0 aromatic heterocycles. The summed E-state index contributed by atoms with van der Waals surface area (Å²) < 4.78 is 4.94. The normalized spacial score (nSPS) is 34.3. The van der Waals surface area contributed by atoms with Crippen molar-refractivity contribution in [2.24, 2.45) is 0 Å². The molecule has 2 unspecified atom stereocenters. The summed E-state index contributed by atoms with van der Waals surface area (Å²) in [6, 6.07) is 0. The van der Waals surface area contributed by atoms with Gasteiger partial charge in [0, 0.05) is 6.61 Å². The molecule has 0 aromatic rings. The molecule has 2 atom stereocenters. The maximum absolute atomic E-state index is 8.75. The summed E-state index contributed by atoms with van der Waals surface area (Å²) in [5, 5.41) is 8.75. The van der Waals surface area contributed by atoms with Crippen LogP contribution >= 0.6 is 0 Å². The van der Waals surface area contributed by atoms with Crippen LogP contribution < -0.4 is 0 Å². The quantitative estimate of drug-likeness (QED) is 0.511. The van der Waals surface area contributed by atoms with Crippen LogP contribution in [0.3, 0.4) is 0 Å². The first kappa shape index (κ1) is 5.06. The Balaban J connectivity index is 2.14. The van der Waals surface area contributed by atoms with Gasteiger partial charge in [0.2, 0.25) is 0 Å². The van der Waals surface area contributed by atoms with E-state index in [1.165, 1.54) is 0 Å². The van der Waals surface area contributed by atoms with Crippen LogP contribution in [0.1, 0.15) is 13.3 Å². The van der Waals surface area contributed by atoms with Crippen molar-refractivity contribution in [1.29, 1.82) is 0 Å². The molecule has 0 radical (unpaired) electrons. The Labute approximate surface area is 43.1 Å². The summed E-state index contributed by atoms with van der Waals surface area (Å²) in [6.07, 6.45) is 0.895. The average Bonchev–Trinajstić information content (AvgIpc) is 1.23. The van der Waals surface area contributed by atoms with Gasteiger partial charge in [-0.2, -0.15) is 0 Å². The third kappa shape index (κ3) is 0.924. The SMILES string of the molecule is CC(O)C1CCO1. The van der Waals surface area contributed by atoms with Crippen molar-refractivity contribution in [1.82, 2.24) is 0 Å². The fourth-order valence-corrected chi connectivity index (χ4v) is 0.634. The fraction of sp³-hybridized carbons (Fsp3) is 1.00. The van der Waals surface area contributed by atoms with E-state index in [0.29, 0.717) is 0 Å². The van der Waals surface area contributed by atoms with Gasteiger partial charge in [-0.1, -0.05) is 0 Å². The lowest BCUT2D eigenvalue weighted by molar-refractivity contribution is -0.110. The molecule has 2 nitrogen and oxygen atoms in total. The summed E-state index contributed by atoms with van der Waals surface area (Å²) in [4.78, 5) is 0. The molecule has 42 valence electrons. The molecule has 0 aromatic carbocycles. The Morgan fingerprint density at radius 3 is 2.43 bits per heavy atom. The molecule has 1 aliphatic heterocycles. The Kier molecular flexibility index (Phi) is 1.30. The molecule has 0 bridgehead atoms. The van der Waals surface area contributed by atoms with Gasteiger partial charge in [-0.25, -0.2) is 0 Å². The van der Waals surface area contributed by atoms with Crippen LogP contribution in [-0.4, -0.2) is 23.9 Å². The number of aliphatic hydroxyl groups is 1. The Morgan fingerprint density at radius 1 is 1.86 bits per heavy atom. The number of hydrogen-bond acceptors (Lipinski definition) is 2. The molecule has 1 rings (SSSR count). The molecule has 1 N–H and O–H groups in total. The lowest BCUT2D eigenvalue weighted by Gasteiger charge is -2.28. The van der Waals surface area contributed by atoms with E-state index in [0.717, 1.165) is 13.0 Å². The Hall–Kier alpha value is -0.0800. The molecule has 0 aliphatic carbocycles. The van der Waals surface area contributed by atoms with Gasteiger partial charge in [-0.3, -0.25) is 0 Å². The second-order valence-corrected chi connectivity index (χ2v) is 1.94. The molecule has 0 spiro atoms. The van der Waals surface area contributed by atoms with Crippen LogP contribution in [0.2, 0.25) is 0 Å². The molecule has 7 heavy (non-hydrogen) atoms. The van der Waals surface area contributed by atoms with Crippen LogP contribution in [0.25, 0.3) is 0 Å². The second-order valence-electron chi connectivity index (χ2n) is 1.94. The van der Waals surface area contributed by atoms with Crippen molar-refractivity contribution >= 4 is 0 Å². The van der Waals surface area contributed by atoms with Crippen molar-refractivity contribution in [3.63, 3.8) is 0 Å². The molecule has 0 saturated carbocycles. The Morgan fingerprint density at radius 2 is 2.43 bits per heavy atom. The van der Waals surface area contributed by atoms with Crippen LogP contribution in [0, 0.1) is 0 Å². The summed E-state index contributed by atoms with van der Waals surface area (Å²) in [7, 11) is 0. The van der Waals surface area contributed by atoms with Crippen molar-refractivity contribution in [3.05, 3.63) is 0 Å². The maximum atomic E-state index is 8.75. The largest absolute Gasteiger partial charge is 0.391 e. The minimum atomic E-state index is -0.270. The topological polar surface area (TPSA) is 29.5 Å². The number of rotatable bonds is 1. The summed E-state index contributed by atoms with van der Waals surface area (Å²) >= 11 is 0. The van der Waals surface area contributed by atoms with Crippen LogP contribution in [0.15, 0.2) is 0 Å².